The molecule has 8 heteroatoms. The summed E-state index contributed by atoms with van der Waals surface area (Å²) in [6.45, 7) is 3.23. The number of nitrogens with one attached hydrogen (secondary N) is 1. The largest absolute Gasteiger partial charge is 0.377 e. The van der Waals surface area contributed by atoms with Crippen LogP contribution in [0.4, 0.5) is 5.82 Å². The molecule has 2 rings (SSSR count). The Kier molecular flexibility index (Phi) is 4.85. The molecule has 0 bridgehead atoms. The molecule has 0 unspecified atom stereocenters. The molecule has 0 spiro atoms. The molecule has 0 aliphatic rings. The van der Waals surface area contributed by atoms with Gasteiger partial charge in [0.2, 0.25) is 0 Å². The summed E-state index contributed by atoms with van der Waals surface area (Å²) in [5.74, 6) is 1.45. The first kappa shape index (κ1) is 13.2. The fourth-order valence-corrected chi connectivity index (χ4v) is 2.70. The predicted octanol–water partition coefficient (Wildman–Crippen LogP) is 2.06. The maximum atomic E-state index is 5.06. The normalized spacial score (nSPS) is 10.6. The summed E-state index contributed by atoms with van der Waals surface area (Å²) in [5.41, 5.74) is 0. The van der Waals surface area contributed by atoms with Crippen LogP contribution in [0.15, 0.2) is 21.8 Å². The SMILES string of the molecule is CCNc1cc(Sc2ncns2)nc(COC)n1. The van der Waals surface area contributed by atoms with Gasteiger partial charge in [0.25, 0.3) is 0 Å². The lowest BCUT2D eigenvalue weighted by molar-refractivity contribution is 0.177. The summed E-state index contributed by atoms with van der Waals surface area (Å²) in [4.78, 5) is 12.9. The lowest BCUT2D eigenvalue weighted by Gasteiger charge is -2.07. The summed E-state index contributed by atoms with van der Waals surface area (Å²) >= 11 is 2.82. The highest BCUT2D eigenvalue weighted by atomic mass is 32.2. The monoisotopic (exact) mass is 283 g/mol. The number of hydrogen-bond acceptors (Lipinski definition) is 8. The van der Waals surface area contributed by atoms with Gasteiger partial charge in [0.1, 0.15) is 23.8 Å². The average molecular weight is 283 g/mol. The summed E-state index contributed by atoms with van der Waals surface area (Å²) in [6.07, 6.45) is 1.54. The molecule has 0 saturated heterocycles. The zero-order valence-corrected chi connectivity index (χ0v) is 11.7. The second-order valence-electron chi connectivity index (χ2n) is 3.28. The molecule has 18 heavy (non-hydrogen) atoms. The van der Waals surface area contributed by atoms with E-state index in [-0.39, 0.29) is 0 Å². The van der Waals surface area contributed by atoms with Crippen molar-refractivity contribution in [2.24, 2.45) is 0 Å². The highest BCUT2D eigenvalue weighted by Crippen LogP contribution is 2.27. The van der Waals surface area contributed by atoms with E-state index in [9.17, 15) is 0 Å². The van der Waals surface area contributed by atoms with Crippen molar-refractivity contribution in [3.63, 3.8) is 0 Å². The van der Waals surface area contributed by atoms with E-state index in [0.29, 0.717) is 12.4 Å². The molecular weight excluding hydrogens is 270 g/mol. The fraction of sp³-hybridized carbons (Fsp3) is 0.400. The second-order valence-corrected chi connectivity index (χ2v) is 5.33. The summed E-state index contributed by atoms with van der Waals surface area (Å²) in [6, 6.07) is 1.90. The van der Waals surface area contributed by atoms with Gasteiger partial charge in [-0.2, -0.15) is 4.37 Å². The van der Waals surface area contributed by atoms with Gasteiger partial charge in [-0.3, -0.25) is 0 Å². The molecule has 0 aromatic carbocycles. The van der Waals surface area contributed by atoms with Crippen molar-refractivity contribution in [3.05, 3.63) is 18.2 Å². The van der Waals surface area contributed by atoms with Crippen LogP contribution in [0.2, 0.25) is 0 Å². The number of anilines is 1. The average Bonchev–Trinajstić information content (AvgIpc) is 2.82. The van der Waals surface area contributed by atoms with Gasteiger partial charge in [-0.25, -0.2) is 15.0 Å². The van der Waals surface area contributed by atoms with Crippen LogP contribution < -0.4 is 5.32 Å². The Hall–Kier alpha value is -1.25. The standard InChI is InChI=1S/C10H13N5OS2/c1-3-11-7-4-9(15-8(14-7)5-16-2)17-10-12-6-13-18-10/h4,6H,3,5H2,1-2H3,(H,11,14,15). The Morgan fingerprint density at radius 2 is 2.33 bits per heavy atom. The Balaban J connectivity index is 2.21. The number of hydrogen-bond donors (Lipinski definition) is 1. The van der Waals surface area contributed by atoms with Gasteiger partial charge in [0.15, 0.2) is 10.2 Å². The van der Waals surface area contributed by atoms with Crippen molar-refractivity contribution in [2.75, 3.05) is 19.0 Å². The van der Waals surface area contributed by atoms with Crippen molar-refractivity contribution in [3.8, 4) is 0 Å². The molecule has 0 aliphatic carbocycles. The van der Waals surface area contributed by atoms with E-state index in [1.807, 2.05) is 13.0 Å². The third kappa shape index (κ3) is 3.62. The number of methoxy groups -OCH3 is 1. The van der Waals surface area contributed by atoms with Gasteiger partial charge < -0.3 is 10.1 Å². The van der Waals surface area contributed by atoms with E-state index < -0.39 is 0 Å². The van der Waals surface area contributed by atoms with Gasteiger partial charge in [-0.15, -0.1) is 0 Å². The summed E-state index contributed by atoms with van der Waals surface area (Å²) in [7, 11) is 1.63. The highest BCUT2D eigenvalue weighted by Gasteiger charge is 2.07. The first-order chi connectivity index (χ1) is 8.81. The molecular formula is C10H13N5OS2. The van der Waals surface area contributed by atoms with Crippen molar-refractivity contribution in [2.45, 2.75) is 22.9 Å². The van der Waals surface area contributed by atoms with E-state index in [1.54, 1.807) is 7.11 Å². The number of ether oxygens (including phenoxy) is 1. The Morgan fingerprint density at radius 1 is 1.44 bits per heavy atom. The molecule has 0 amide bonds. The molecule has 0 fully saturated rings. The third-order valence-electron chi connectivity index (χ3n) is 1.91. The van der Waals surface area contributed by atoms with Crippen molar-refractivity contribution >= 4 is 29.1 Å². The molecule has 0 atom stereocenters. The molecule has 2 heterocycles. The minimum atomic E-state index is 0.392. The van der Waals surface area contributed by atoms with Crippen LogP contribution in [-0.4, -0.2) is 33.0 Å². The van der Waals surface area contributed by atoms with Crippen LogP contribution in [0.25, 0.3) is 0 Å². The summed E-state index contributed by atoms with van der Waals surface area (Å²) < 4.78 is 9.89. The Morgan fingerprint density at radius 3 is 3.00 bits per heavy atom. The van der Waals surface area contributed by atoms with E-state index in [1.165, 1.54) is 29.6 Å². The number of aromatic nitrogens is 4. The first-order valence-corrected chi connectivity index (χ1v) is 6.96. The fourth-order valence-electron chi connectivity index (χ4n) is 1.29. The van der Waals surface area contributed by atoms with Crippen LogP contribution in [0, 0.1) is 0 Å². The van der Waals surface area contributed by atoms with Gasteiger partial charge in [0, 0.05) is 19.7 Å². The Labute approximate surface area is 113 Å². The molecule has 1 N–H and O–H groups in total. The van der Waals surface area contributed by atoms with Gasteiger partial charge >= 0.3 is 0 Å². The predicted molar refractivity (Wildman–Crippen MR) is 70.9 cm³/mol. The van der Waals surface area contributed by atoms with Crippen LogP contribution in [0.5, 0.6) is 0 Å². The topological polar surface area (TPSA) is 72.8 Å². The first-order valence-electron chi connectivity index (χ1n) is 5.37. The van der Waals surface area contributed by atoms with Crippen LogP contribution >= 0.6 is 23.3 Å². The minimum absolute atomic E-state index is 0.392. The third-order valence-corrected chi connectivity index (χ3v) is 3.55. The Bertz CT molecular complexity index is 467. The second kappa shape index (κ2) is 6.62. The maximum absolute atomic E-state index is 5.06. The smallest absolute Gasteiger partial charge is 0.175 e. The molecule has 0 saturated carbocycles. The minimum Gasteiger partial charge on any atom is -0.377 e. The van der Waals surface area contributed by atoms with Crippen LogP contribution in [0.1, 0.15) is 12.7 Å². The molecule has 6 nitrogen and oxygen atoms in total. The van der Waals surface area contributed by atoms with E-state index in [4.69, 9.17) is 4.74 Å². The van der Waals surface area contributed by atoms with E-state index in [0.717, 1.165) is 21.7 Å². The van der Waals surface area contributed by atoms with Gasteiger partial charge in [-0.05, 0) is 30.2 Å². The zero-order valence-electron chi connectivity index (χ0n) is 10.1. The molecule has 0 radical (unpaired) electrons. The number of rotatable bonds is 6. The van der Waals surface area contributed by atoms with Gasteiger partial charge in [0.05, 0.1) is 0 Å². The number of nitrogens with zero attached hydrogens (tertiary/aromatic N) is 4. The van der Waals surface area contributed by atoms with Gasteiger partial charge in [-0.1, -0.05) is 0 Å². The van der Waals surface area contributed by atoms with Crippen molar-refractivity contribution < 1.29 is 4.74 Å². The summed E-state index contributed by atoms with van der Waals surface area (Å²) in [5, 5.41) is 4.01. The molecule has 2 aromatic rings. The quantitative estimate of drug-likeness (QED) is 0.813. The van der Waals surface area contributed by atoms with E-state index in [2.05, 4.69) is 24.6 Å². The lowest BCUT2D eigenvalue weighted by atomic mass is 10.5. The molecule has 0 aliphatic heterocycles. The zero-order chi connectivity index (χ0) is 12.8. The lowest BCUT2D eigenvalue weighted by Crippen LogP contribution is -2.05. The van der Waals surface area contributed by atoms with Crippen LogP contribution in [0.3, 0.4) is 0 Å². The van der Waals surface area contributed by atoms with Crippen LogP contribution in [-0.2, 0) is 11.3 Å². The van der Waals surface area contributed by atoms with E-state index >= 15 is 0 Å². The maximum Gasteiger partial charge on any atom is 0.175 e. The molecule has 2 aromatic heterocycles. The van der Waals surface area contributed by atoms with Crippen molar-refractivity contribution in [1.82, 2.24) is 19.3 Å². The molecule has 96 valence electrons. The highest BCUT2D eigenvalue weighted by molar-refractivity contribution is 8.00. The van der Waals surface area contributed by atoms with Crippen molar-refractivity contribution in [1.29, 1.82) is 0 Å².